The molecule has 0 bridgehead atoms. The van der Waals surface area contributed by atoms with E-state index in [1.807, 2.05) is 48.5 Å². The molecule has 0 atom stereocenters. The first-order valence-electron chi connectivity index (χ1n) is 8.68. The van der Waals surface area contributed by atoms with Crippen molar-refractivity contribution in [2.75, 3.05) is 19.5 Å². The van der Waals surface area contributed by atoms with Crippen molar-refractivity contribution >= 4 is 11.5 Å². The number of nitrogens with zero attached hydrogens (tertiary/aromatic N) is 3. The van der Waals surface area contributed by atoms with Crippen LogP contribution >= 0.6 is 0 Å². The number of hydrogen-bond donors (Lipinski definition) is 2. The number of aromatic nitrogens is 4. The Labute approximate surface area is 162 Å². The topological polar surface area (TPSA) is 85.0 Å². The normalized spacial score (nSPS) is 10.5. The highest BCUT2D eigenvalue weighted by atomic mass is 16.5. The van der Waals surface area contributed by atoms with Gasteiger partial charge in [0, 0.05) is 29.7 Å². The SMILES string of the molecule is COc1ccc(Nc2cc(-c3cn[nH]c3-c3ccccn3)ccn2)cc1OC. The molecule has 2 N–H and O–H groups in total. The van der Waals surface area contributed by atoms with Crippen molar-refractivity contribution in [2.24, 2.45) is 0 Å². The van der Waals surface area contributed by atoms with Gasteiger partial charge in [-0.1, -0.05) is 6.07 Å². The van der Waals surface area contributed by atoms with Gasteiger partial charge in [-0.3, -0.25) is 10.1 Å². The third kappa shape index (κ3) is 3.50. The fourth-order valence-electron chi connectivity index (χ4n) is 2.94. The van der Waals surface area contributed by atoms with Crippen molar-refractivity contribution in [1.29, 1.82) is 0 Å². The van der Waals surface area contributed by atoms with Crippen molar-refractivity contribution in [1.82, 2.24) is 20.2 Å². The number of ether oxygens (including phenoxy) is 2. The van der Waals surface area contributed by atoms with Gasteiger partial charge in [-0.05, 0) is 42.0 Å². The largest absolute Gasteiger partial charge is 0.493 e. The lowest BCUT2D eigenvalue weighted by atomic mass is 10.1. The van der Waals surface area contributed by atoms with E-state index in [9.17, 15) is 0 Å². The average molecular weight is 373 g/mol. The third-order valence-corrected chi connectivity index (χ3v) is 4.29. The Kier molecular flexibility index (Phi) is 4.88. The van der Waals surface area contributed by atoms with Crippen LogP contribution in [0.5, 0.6) is 11.5 Å². The standard InChI is InChI=1S/C21H19N5O2/c1-27-18-7-6-15(12-19(18)28-2)25-20-11-14(8-10-23-20)16-13-24-26-21(16)17-5-3-4-9-22-17/h3-13H,1-2H3,(H,23,25)(H,24,26). The minimum atomic E-state index is 0.649. The summed E-state index contributed by atoms with van der Waals surface area (Å²) in [5, 5.41) is 10.5. The molecule has 3 aromatic heterocycles. The average Bonchev–Trinajstić information content (AvgIpc) is 3.24. The minimum absolute atomic E-state index is 0.649. The predicted octanol–water partition coefficient (Wildman–Crippen LogP) is 4.29. The second-order valence-corrected chi connectivity index (χ2v) is 6.00. The molecule has 0 aliphatic heterocycles. The Morgan fingerprint density at radius 2 is 1.79 bits per heavy atom. The Bertz CT molecular complexity index is 1080. The molecule has 4 rings (SSSR count). The van der Waals surface area contributed by atoms with E-state index in [-0.39, 0.29) is 0 Å². The molecule has 0 unspecified atom stereocenters. The van der Waals surface area contributed by atoms with Crippen LogP contribution in [0, 0.1) is 0 Å². The number of nitrogens with one attached hydrogen (secondary N) is 2. The maximum atomic E-state index is 5.36. The van der Waals surface area contributed by atoms with Gasteiger partial charge in [0.2, 0.25) is 0 Å². The molecule has 3 heterocycles. The van der Waals surface area contributed by atoms with E-state index in [1.165, 1.54) is 0 Å². The van der Waals surface area contributed by atoms with Crippen LogP contribution in [0.4, 0.5) is 11.5 Å². The highest BCUT2D eigenvalue weighted by Gasteiger charge is 2.12. The van der Waals surface area contributed by atoms with Crippen molar-refractivity contribution in [3.63, 3.8) is 0 Å². The van der Waals surface area contributed by atoms with Gasteiger partial charge in [-0.25, -0.2) is 4.98 Å². The van der Waals surface area contributed by atoms with E-state index < -0.39 is 0 Å². The molecule has 28 heavy (non-hydrogen) atoms. The van der Waals surface area contributed by atoms with E-state index >= 15 is 0 Å². The second kappa shape index (κ2) is 7.79. The molecule has 0 radical (unpaired) electrons. The molecule has 0 aliphatic rings. The molecule has 7 heteroatoms. The summed E-state index contributed by atoms with van der Waals surface area (Å²) in [7, 11) is 3.22. The number of hydrogen-bond acceptors (Lipinski definition) is 6. The summed E-state index contributed by atoms with van der Waals surface area (Å²) in [5.74, 6) is 2.03. The van der Waals surface area contributed by atoms with Crippen LogP contribution in [-0.2, 0) is 0 Å². The molecule has 0 amide bonds. The summed E-state index contributed by atoms with van der Waals surface area (Å²) in [5.41, 5.74) is 4.48. The van der Waals surface area contributed by atoms with Crippen LogP contribution in [0.2, 0.25) is 0 Å². The number of aromatic amines is 1. The lowest BCUT2D eigenvalue weighted by molar-refractivity contribution is 0.355. The van der Waals surface area contributed by atoms with Gasteiger partial charge in [0.05, 0.1) is 31.8 Å². The van der Waals surface area contributed by atoms with Gasteiger partial charge in [-0.15, -0.1) is 0 Å². The summed E-state index contributed by atoms with van der Waals surface area (Å²) in [6, 6.07) is 15.3. The van der Waals surface area contributed by atoms with Gasteiger partial charge in [0.1, 0.15) is 5.82 Å². The Morgan fingerprint density at radius 3 is 2.57 bits per heavy atom. The first-order chi connectivity index (χ1) is 13.8. The summed E-state index contributed by atoms with van der Waals surface area (Å²) in [6.07, 6.45) is 5.31. The lowest BCUT2D eigenvalue weighted by Gasteiger charge is -2.11. The molecule has 0 saturated carbocycles. The van der Waals surface area contributed by atoms with E-state index in [1.54, 1.807) is 32.8 Å². The number of H-pyrrole nitrogens is 1. The van der Waals surface area contributed by atoms with Crippen LogP contribution in [0.15, 0.2) is 67.1 Å². The zero-order valence-corrected chi connectivity index (χ0v) is 15.5. The summed E-state index contributed by atoms with van der Waals surface area (Å²) < 4.78 is 10.6. The summed E-state index contributed by atoms with van der Waals surface area (Å²) in [6.45, 7) is 0. The first kappa shape index (κ1) is 17.5. The quantitative estimate of drug-likeness (QED) is 0.524. The molecule has 140 valence electrons. The molecule has 0 aliphatic carbocycles. The number of rotatable bonds is 6. The van der Waals surface area contributed by atoms with E-state index in [0.717, 1.165) is 28.2 Å². The summed E-state index contributed by atoms with van der Waals surface area (Å²) in [4.78, 5) is 8.82. The number of pyridine rings is 2. The van der Waals surface area contributed by atoms with Crippen LogP contribution in [0.3, 0.4) is 0 Å². The van der Waals surface area contributed by atoms with Crippen LogP contribution in [0.25, 0.3) is 22.5 Å². The van der Waals surface area contributed by atoms with Gasteiger partial charge in [0.25, 0.3) is 0 Å². The molecule has 0 saturated heterocycles. The van der Waals surface area contributed by atoms with Crippen molar-refractivity contribution < 1.29 is 9.47 Å². The van der Waals surface area contributed by atoms with E-state index in [0.29, 0.717) is 17.3 Å². The summed E-state index contributed by atoms with van der Waals surface area (Å²) >= 11 is 0. The fraction of sp³-hybridized carbons (Fsp3) is 0.0952. The first-order valence-corrected chi connectivity index (χ1v) is 8.68. The molecular formula is C21H19N5O2. The maximum Gasteiger partial charge on any atom is 0.162 e. The lowest BCUT2D eigenvalue weighted by Crippen LogP contribution is -1.96. The molecule has 1 aromatic carbocycles. The molecule has 7 nitrogen and oxygen atoms in total. The van der Waals surface area contributed by atoms with Gasteiger partial charge >= 0.3 is 0 Å². The number of benzene rings is 1. The van der Waals surface area contributed by atoms with Crippen molar-refractivity contribution in [2.45, 2.75) is 0 Å². The Morgan fingerprint density at radius 1 is 0.893 bits per heavy atom. The Hall–Kier alpha value is -3.87. The zero-order valence-electron chi connectivity index (χ0n) is 15.5. The van der Waals surface area contributed by atoms with Gasteiger partial charge in [0.15, 0.2) is 11.5 Å². The monoisotopic (exact) mass is 373 g/mol. The van der Waals surface area contributed by atoms with Crippen molar-refractivity contribution in [3.8, 4) is 34.0 Å². The number of anilines is 2. The van der Waals surface area contributed by atoms with E-state index in [2.05, 4.69) is 25.5 Å². The number of methoxy groups -OCH3 is 2. The fourth-order valence-corrected chi connectivity index (χ4v) is 2.94. The van der Waals surface area contributed by atoms with Crippen molar-refractivity contribution in [3.05, 3.63) is 67.1 Å². The van der Waals surface area contributed by atoms with Gasteiger partial charge < -0.3 is 14.8 Å². The van der Waals surface area contributed by atoms with Crippen LogP contribution in [0.1, 0.15) is 0 Å². The second-order valence-electron chi connectivity index (χ2n) is 6.00. The zero-order chi connectivity index (χ0) is 19.3. The Balaban J connectivity index is 1.64. The molecule has 0 fully saturated rings. The highest BCUT2D eigenvalue weighted by Crippen LogP contribution is 2.33. The highest BCUT2D eigenvalue weighted by molar-refractivity contribution is 5.80. The predicted molar refractivity (Wildman–Crippen MR) is 108 cm³/mol. The van der Waals surface area contributed by atoms with E-state index in [4.69, 9.17) is 9.47 Å². The van der Waals surface area contributed by atoms with Crippen LogP contribution in [-0.4, -0.2) is 34.4 Å². The smallest absolute Gasteiger partial charge is 0.162 e. The van der Waals surface area contributed by atoms with Gasteiger partial charge in [-0.2, -0.15) is 5.10 Å². The van der Waals surface area contributed by atoms with Crippen LogP contribution < -0.4 is 14.8 Å². The molecular weight excluding hydrogens is 354 g/mol. The molecule has 4 aromatic rings. The molecule has 0 spiro atoms. The third-order valence-electron chi connectivity index (χ3n) is 4.29. The maximum absolute atomic E-state index is 5.36. The minimum Gasteiger partial charge on any atom is -0.493 e.